The van der Waals surface area contributed by atoms with Crippen molar-refractivity contribution in [3.8, 4) is 10.7 Å². The molecule has 10 heteroatoms. The summed E-state index contributed by atoms with van der Waals surface area (Å²) in [7, 11) is -1.30. The molecule has 1 N–H and O–H groups in total. The second-order valence-electron chi connectivity index (χ2n) is 5.76. The zero-order valence-electron chi connectivity index (χ0n) is 13.3. The largest absolute Gasteiger partial charge is 0.383 e. The van der Waals surface area contributed by atoms with Crippen LogP contribution < -0.4 is 0 Å². The molecule has 7 nitrogen and oxygen atoms in total. The Morgan fingerprint density at radius 1 is 1.58 bits per heavy atom. The Bertz CT molecular complexity index is 826. The Kier molecular flexibility index (Phi) is 5.50. The van der Waals surface area contributed by atoms with E-state index in [0.717, 1.165) is 10.7 Å². The average molecular weight is 389 g/mol. The summed E-state index contributed by atoms with van der Waals surface area (Å²) < 4.78 is 31.0. The molecule has 1 fully saturated rings. The van der Waals surface area contributed by atoms with Gasteiger partial charge in [-0.05, 0) is 30.1 Å². The minimum Gasteiger partial charge on any atom is -0.383 e. The van der Waals surface area contributed by atoms with Crippen LogP contribution in [0.2, 0.25) is 0 Å². The summed E-state index contributed by atoms with van der Waals surface area (Å²) in [5, 5.41) is 5.20. The summed E-state index contributed by atoms with van der Waals surface area (Å²) in [4.78, 5) is 7.52. The molecule has 3 heterocycles. The van der Waals surface area contributed by atoms with Crippen LogP contribution in [0.4, 0.5) is 0 Å². The fourth-order valence-electron chi connectivity index (χ4n) is 2.80. The van der Waals surface area contributed by atoms with E-state index in [1.807, 2.05) is 17.5 Å². The monoisotopic (exact) mass is 388 g/mol. The SMILES string of the molecule is COCCN(Cn1[nH]c(-c2cccs2)nc1=S)[C@H]1CCS(=O)(=O)C1. The van der Waals surface area contributed by atoms with Crippen LogP contribution in [0.3, 0.4) is 0 Å². The number of nitrogens with zero attached hydrogens (tertiary/aromatic N) is 3. The Labute approximate surface area is 150 Å². The van der Waals surface area contributed by atoms with Crippen molar-refractivity contribution in [1.82, 2.24) is 19.7 Å². The second-order valence-corrected chi connectivity index (χ2v) is 9.31. The van der Waals surface area contributed by atoms with E-state index in [4.69, 9.17) is 17.0 Å². The van der Waals surface area contributed by atoms with Gasteiger partial charge in [0.2, 0.25) is 4.77 Å². The summed E-state index contributed by atoms with van der Waals surface area (Å²) in [5.41, 5.74) is 0. The minimum absolute atomic E-state index is 0.0134. The van der Waals surface area contributed by atoms with Gasteiger partial charge >= 0.3 is 0 Å². The number of ether oxygens (including phenoxy) is 1. The standard InChI is InChI=1S/C14H20N4O3S3/c1-21-6-5-17(11-4-8-24(19,20)9-11)10-18-14(22)15-13(16-18)12-3-2-7-23-12/h2-3,7,11H,4-6,8-10H2,1H3,(H,15,16,22)/t11-/m0/s1. The lowest BCUT2D eigenvalue weighted by Gasteiger charge is -2.27. The topological polar surface area (TPSA) is 80.2 Å². The highest BCUT2D eigenvalue weighted by molar-refractivity contribution is 7.91. The molecule has 0 spiro atoms. The zero-order valence-corrected chi connectivity index (χ0v) is 15.8. The Balaban J connectivity index is 1.79. The van der Waals surface area contributed by atoms with Crippen molar-refractivity contribution in [2.45, 2.75) is 19.1 Å². The average Bonchev–Trinajstić information content (AvgIpc) is 3.24. The van der Waals surface area contributed by atoms with E-state index >= 15 is 0 Å². The molecule has 0 saturated carbocycles. The molecule has 0 amide bonds. The highest BCUT2D eigenvalue weighted by Gasteiger charge is 2.32. The van der Waals surface area contributed by atoms with Gasteiger partial charge in [-0.3, -0.25) is 10.00 Å². The summed E-state index contributed by atoms with van der Waals surface area (Å²) >= 11 is 6.94. The van der Waals surface area contributed by atoms with Crippen molar-refractivity contribution in [3.63, 3.8) is 0 Å². The van der Waals surface area contributed by atoms with Gasteiger partial charge in [0.1, 0.15) is 0 Å². The molecule has 1 aliphatic rings. The molecule has 0 bridgehead atoms. The van der Waals surface area contributed by atoms with Gasteiger partial charge in [0.25, 0.3) is 0 Å². The third kappa shape index (κ3) is 4.12. The van der Waals surface area contributed by atoms with Crippen LogP contribution in [0.15, 0.2) is 17.5 Å². The lowest BCUT2D eigenvalue weighted by Crippen LogP contribution is -2.40. The molecule has 3 rings (SSSR count). The smallest absolute Gasteiger partial charge is 0.217 e. The van der Waals surface area contributed by atoms with Crippen LogP contribution in [0.1, 0.15) is 6.42 Å². The number of hydrogen-bond acceptors (Lipinski definition) is 7. The van der Waals surface area contributed by atoms with Crippen molar-refractivity contribution in [1.29, 1.82) is 0 Å². The number of sulfone groups is 1. The van der Waals surface area contributed by atoms with Crippen molar-refractivity contribution < 1.29 is 13.2 Å². The van der Waals surface area contributed by atoms with Crippen molar-refractivity contribution >= 4 is 33.4 Å². The molecule has 1 aliphatic heterocycles. The van der Waals surface area contributed by atoms with E-state index in [2.05, 4.69) is 15.0 Å². The van der Waals surface area contributed by atoms with E-state index in [1.165, 1.54) is 0 Å². The molecule has 2 aromatic rings. The van der Waals surface area contributed by atoms with Crippen LogP contribution in [-0.2, 0) is 21.2 Å². The maximum absolute atomic E-state index is 11.8. The van der Waals surface area contributed by atoms with Gasteiger partial charge in [0.15, 0.2) is 15.7 Å². The maximum Gasteiger partial charge on any atom is 0.217 e. The van der Waals surface area contributed by atoms with E-state index < -0.39 is 9.84 Å². The zero-order chi connectivity index (χ0) is 17.2. The summed E-state index contributed by atoms with van der Waals surface area (Å²) in [6, 6.07) is 3.93. The van der Waals surface area contributed by atoms with Gasteiger partial charge in [0.05, 0.1) is 29.7 Å². The number of rotatable bonds is 7. The lowest BCUT2D eigenvalue weighted by molar-refractivity contribution is 0.0982. The van der Waals surface area contributed by atoms with Crippen LogP contribution in [0.5, 0.6) is 0 Å². The third-order valence-corrected chi connectivity index (χ3v) is 7.00. The molecule has 2 aromatic heterocycles. The van der Waals surface area contributed by atoms with E-state index in [0.29, 0.717) is 31.0 Å². The molecule has 0 aliphatic carbocycles. The van der Waals surface area contributed by atoms with Gasteiger partial charge < -0.3 is 4.74 Å². The number of hydrogen-bond donors (Lipinski definition) is 1. The number of aromatic nitrogens is 3. The van der Waals surface area contributed by atoms with Crippen molar-refractivity contribution in [2.75, 3.05) is 31.8 Å². The molecular formula is C14H20N4O3S3. The van der Waals surface area contributed by atoms with Gasteiger partial charge in [-0.2, -0.15) is 4.98 Å². The minimum atomic E-state index is -2.94. The summed E-state index contributed by atoms with van der Waals surface area (Å²) in [6.07, 6.45) is 0.644. The predicted octanol–water partition coefficient (Wildman–Crippen LogP) is 1.76. The highest BCUT2D eigenvalue weighted by atomic mass is 32.2. The fourth-order valence-corrected chi connectivity index (χ4v) is 5.42. The quantitative estimate of drug-likeness (QED) is 0.728. The first-order valence-corrected chi connectivity index (χ1v) is 10.7. The maximum atomic E-state index is 11.8. The molecule has 0 radical (unpaired) electrons. The van der Waals surface area contributed by atoms with Crippen molar-refractivity contribution in [3.05, 3.63) is 22.3 Å². The second kappa shape index (κ2) is 7.44. The molecule has 1 saturated heterocycles. The number of methoxy groups -OCH3 is 1. The molecule has 132 valence electrons. The van der Waals surface area contributed by atoms with Crippen LogP contribution in [-0.4, -0.2) is 65.9 Å². The van der Waals surface area contributed by atoms with E-state index in [9.17, 15) is 8.42 Å². The number of H-pyrrole nitrogens is 1. The predicted molar refractivity (Wildman–Crippen MR) is 96.4 cm³/mol. The molecule has 0 aromatic carbocycles. The Morgan fingerprint density at radius 3 is 3.04 bits per heavy atom. The Morgan fingerprint density at radius 2 is 2.42 bits per heavy atom. The fraction of sp³-hybridized carbons (Fsp3) is 0.571. The summed E-state index contributed by atoms with van der Waals surface area (Å²) in [5.74, 6) is 1.17. The first-order valence-electron chi connectivity index (χ1n) is 7.62. The van der Waals surface area contributed by atoms with E-state index in [-0.39, 0.29) is 17.5 Å². The van der Waals surface area contributed by atoms with Gasteiger partial charge in [0, 0.05) is 19.7 Å². The van der Waals surface area contributed by atoms with E-state index in [1.54, 1.807) is 23.1 Å². The summed E-state index contributed by atoms with van der Waals surface area (Å²) in [6.45, 7) is 1.66. The van der Waals surface area contributed by atoms with Crippen LogP contribution in [0, 0.1) is 4.77 Å². The third-order valence-electron chi connectivity index (χ3n) is 4.06. The molecule has 24 heavy (non-hydrogen) atoms. The molecule has 0 unspecified atom stereocenters. The normalized spacial score (nSPS) is 20.0. The lowest BCUT2D eigenvalue weighted by atomic mass is 10.2. The van der Waals surface area contributed by atoms with Gasteiger partial charge in [-0.25, -0.2) is 13.1 Å². The van der Waals surface area contributed by atoms with Crippen LogP contribution >= 0.6 is 23.6 Å². The molecule has 1 atom stereocenters. The van der Waals surface area contributed by atoms with Gasteiger partial charge in [-0.15, -0.1) is 11.3 Å². The first kappa shape index (κ1) is 17.7. The number of thiophene rings is 1. The number of aromatic amines is 1. The van der Waals surface area contributed by atoms with Gasteiger partial charge in [-0.1, -0.05) is 6.07 Å². The number of nitrogens with one attached hydrogen (secondary N) is 1. The first-order chi connectivity index (χ1) is 11.5. The van der Waals surface area contributed by atoms with Crippen LogP contribution in [0.25, 0.3) is 10.7 Å². The van der Waals surface area contributed by atoms with Crippen molar-refractivity contribution in [2.24, 2.45) is 0 Å². The molecular weight excluding hydrogens is 368 g/mol. The Hall–Kier alpha value is -1.07. The highest BCUT2D eigenvalue weighted by Crippen LogP contribution is 2.22.